The molecule has 1 unspecified atom stereocenters. The van der Waals surface area contributed by atoms with Gasteiger partial charge in [0.1, 0.15) is 5.03 Å². The van der Waals surface area contributed by atoms with Gasteiger partial charge in [0.15, 0.2) is 11.5 Å². The van der Waals surface area contributed by atoms with Gasteiger partial charge in [-0.15, -0.1) is 11.8 Å². The summed E-state index contributed by atoms with van der Waals surface area (Å²) in [6.45, 7) is 2.18. The number of hydrogen-bond donors (Lipinski definition) is 1. The van der Waals surface area contributed by atoms with E-state index in [0.29, 0.717) is 11.3 Å². The molecule has 0 bridgehead atoms. The van der Waals surface area contributed by atoms with E-state index in [9.17, 15) is 4.79 Å². The number of amides is 1. The predicted octanol–water partition coefficient (Wildman–Crippen LogP) is 3.02. The number of carbonyl (C=O) groups is 1. The van der Waals surface area contributed by atoms with Crippen molar-refractivity contribution >= 4 is 17.7 Å². The zero-order valence-electron chi connectivity index (χ0n) is 12.3. The van der Waals surface area contributed by atoms with Crippen molar-refractivity contribution in [2.45, 2.75) is 18.0 Å². The highest BCUT2D eigenvalue weighted by atomic mass is 32.2. The molecule has 0 saturated heterocycles. The van der Waals surface area contributed by atoms with Crippen LogP contribution in [0.3, 0.4) is 0 Å². The van der Waals surface area contributed by atoms with Gasteiger partial charge in [-0.2, -0.15) is 0 Å². The van der Waals surface area contributed by atoms with Crippen molar-refractivity contribution in [2.75, 3.05) is 13.0 Å². The highest BCUT2D eigenvalue weighted by molar-refractivity contribution is 7.98. The van der Waals surface area contributed by atoms with Crippen LogP contribution in [0, 0.1) is 0 Å². The van der Waals surface area contributed by atoms with Crippen LogP contribution in [0.2, 0.25) is 0 Å². The number of benzene rings is 1. The van der Waals surface area contributed by atoms with Gasteiger partial charge in [-0.05, 0) is 43.0 Å². The lowest BCUT2D eigenvalue weighted by atomic mass is 10.1. The van der Waals surface area contributed by atoms with Crippen molar-refractivity contribution in [3.8, 4) is 11.5 Å². The second kappa shape index (κ2) is 6.27. The molecule has 22 heavy (non-hydrogen) atoms. The van der Waals surface area contributed by atoms with Gasteiger partial charge in [-0.25, -0.2) is 4.98 Å². The number of rotatable bonds is 4. The minimum atomic E-state index is -0.142. The van der Waals surface area contributed by atoms with E-state index in [4.69, 9.17) is 9.47 Å². The fraction of sp³-hybridized carbons (Fsp3) is 0.250. The zero-order valence-corrected chi connectivity index (χ0v) is 13.1. The Bertz CT molecular complexity index is 706. The molecule has 1 amide bonds. The van der Waals surface area contributed by atoms with E-state index < -0.39 is 0 Å². The summed E-state index contributed by atoms with van der Waals surface area (Å²) in [4.78, 5) is 16.6. The summed E-state index contributed by atoms with van der Waals surface area (Å²) in [5.41, 5.74) is 1.55. The van der Waals surface area contributed by atoms with Crippen molar-refractivity contribution in [1.82, 2.24) is 10.3 Å². The van der Waals surface area contributed by atoms with E-state index in [1.54, 1.807) is 18.3 Å². The molecule has 1 atom stereocenters. The summed E-state index contributed by atoms with van der Waals surface area (Å²) < 4.78 is 10.7. The molecular formula is C16H16N2O3S. The molecule has 114 valence electrons. The minimum absolute atomic E-state index is 0.136. The number of nitrogens with zero attached hydrogens (tertiary/aromatic N) is 1. The molecule has 1 aliphatic rings. The van der Waals surface area contributed by atoms with Gasteiger partial charge < -0.3 is 14.8 Å². The van der Waals surface area contributed by atoms with Crippen molar-refractivity contribution in [3.63, 3.8) is 0 Å². The van der Waals surface area contributed by atoms with Gasteiger partial charge >= 0.3 is 0 Å². The van der Waals surface area contributed by atoms with E-state index in [-0.39, 0.29) is 18.7 Å². The second-order valence-electron chi connectivity index (χ2n) is 4.87. The molecule has 2 heterocycles. The van der Waals surface area contributed by atoms with E-state index in [0.717, 1.165) is 16.3 Å². The second-order valence-corrected chi connectivity index (χ2v) is 5.66. The average molecular weight is 316 g/mol. The number of hydrogen-bond acceptors (Lipinski definition) is 5. The lowest BCUT2D eigenvalue weighted by Gasteiger charge is -2.15. The Morgan fingerprint density at radius 1 is 1.32 bits per heavy atom. The molecule has 0 saturated carbocycles. The van der Waals surface area contributed by atoms with Gasteiger partial charge in [0.25, 0.3) is 5.91 Å². The first kappa shape index (κ1) is 14.7. The summed E-state index contributed by atoms with van der Waals surface area (Å²) in [5, 5.41) is 3.71. The number of aromatic nitrogens is 1. The standard InChI is InChI=1S/C16H16N2O3S/c1-10(11-5-6-13-14(8-11)21-9-20-13)18-15(19)12-4-3-7-17-16(12)22-2/h3-8,10H,9H2,1-2H3,(H,18,19). The highest BCUT2D eigenvalue weighted by Gasteiger charge is 2.18. The van der Waals surface area contributed by atoms with Crippen LogP contribution in [0.15, 0.2) is 41.6 Å². The van der Waals surface area contributed by atoms with E-state index in [1.807, 2.05) is 31.4 Å². The largest absolute Gasteiger partial charge is 0.454 e. The molecule has 0 fully saturated rings. The Labute approximate surface area is 133 Å². The molecule has 0 aliphatic carbocycles. The van der Waals surface area contributed by atoms with E-state index >= 15 is 0 Å². The van der Waals surface area contributed by atoms with Crippen LogP contribution in [0.1, 0.15) is 28.9 Å². The summed E-state index contributed by atoms with van der Waals surface area (Å²) in [7, 11) is 0. The number of carbonyl (C=O) groups excluding carboxylic acids is 1. The van der Waals surface area contributed by atoms with Crippen molar-refractivity contribution in [3.05, 3.63) is 47.7 Å². The fourth-order valence-electron chi connectivity index (χ4n) is 2.27. The van der Waals surface area contributed by atoms with Crippen LogP contribution in [0.4, 0.5) is 0 Å². The maximum absolute atomic E-state index is 12.4. The molecule has 3 rings (SSSR count). The number of thioether (sulfide) groups is 1. The van der Waals surface area contributed by atoms with Gasteiger partial charge in [-0.1, -0.05) is 6.07 Å². The van der Waals surface area contributed by atoms with Crippen LogP contribution in [0.25, 0.3) is 0 Å². The maximum Gasteiger partial charge on any atom is 0.254 e. The van der Waals surface area contributed by atoms with Crippen LogP contribution in [0.5, 0.6) is 11.5 Å². The number of ether oxygens (including phenoxy) is 2. The lowest BCUT2D eigenvalue weighted by Crippen LogP contribution is -2.27. The summed E-state index contributed by atoms with van der Waals surface area (Å²) >= 11 is 1.45. The third-order valence-corrected chi connectivity index (χ3v) is 4.17. The summed E-state index contributed by atoms with van der Waals surface area (Å²) in [6.07, 6.45) is 3.59. The van der Waals surface area contributed by atoms with Gasteiger partial charge in [0, 0.05) is 6.20 Å². The van der Waals surface area contributed by atoms with Gasteiger partial charge in [-0.3, -0.25) is 4.79 Å². The van der Waals surface area contributed by atoms with Crippen molar-refractivity contribution < 1.29 is 14.3 Å². The smallest absolute Gasteiger partial charge is 0.254 e. The Morgan fingerprint density at radius 3 is 2.95 bits per heavy atom. The predicted molar refractivity (Wildman–Crippen MR) is 84.5 cm³/mol. The Morgan fingerprint density at radius 2 is 2.14 bits per heavy atom. The quantitative estimate of drug-likeness (QED) is 0.879. The first-order chi connectivity index (χ1) is 10.7. The molecule has 1 aliphatic heterocycles. The molecule has 2 aromatic rings. The van der Waals surface area contributed by atoms with Crippen LogP contribution in [-0.4, -0.2) is 23.9 Å². The van der Waals surface area contributed by atoms with Crippen molar-refractivity contribution in [1.29, 1.82) is 0 Å². The van der Waals surface area contributed by atoms with E-state index in [1.165, 1.54) is 11.8 Å². The molecule has 0 spiro atoms. The minimum Gasteiger partial charge on any atom is -0.454 e. The molecule has 1 aromatic heterocycles. The fourth-order valence-corrected chi connectivity index (χ4v) is 2.81. The van der Waals surface area contributed by atoms with Gasteiger partial charge in [0.2, 0.25) is 6.79 Å². The first-order valence-corrected chi connectivity index (χ1v) is 8.11. The van der Waals surface area contributed by atoms with Crippen LogP contribution in [-0.2, 0) is 0 Å². The lowest BCUT2D eigenvalue weighted by molar-refractivity contribution is 0.0936. The molecule has 0 radical (unpaired) electrons. The number of pyridine rings is 1. The van der Waals surface area contributed by atoms with Crippen molar-refractivity contribution in [2.24, 2.45) is 0 Å². The Kier molecular flexibility index (Phi) is 4.20. The van der Waals surface area contributed by atoms with Crippen LogP contribution >= 0.6 is 11.8 Å². The molecule has 1 N–H and O–H groups in total. The van der Waals surface area contributed by atoms with Crippen LogP contribution < -0.4 is 14.8 Å². The zero-order chi connectivity index (χ0) is 15.5. The maximum atomic E-state index is 12.4. The Hall–Kier alpha value is -2.21. The SMILES string of the molecule is CSc1ncccc1C(=O)NC(C)c1ccc2c(c1)OCO2. The molecular weight excluding hydrogens is 300 g/mol. The molecule has 6 heteroatoms. The third-order valence-electron chi connectivity index (χ3n) is 3.45. The Balaban J connectivity index is 1.76. The van der Waals surface area contributed by atoms with E-state index in [2.05, 4.69) is 10.3 Å². The third kappa shape index (κ3) is 2.87. The molecule has 1 aromatic carbocycles. The number of nitrogens with one attached hydrogen (secondary N) is 1. The molecule has 5 nitrogen and oxygen atoms in total. The summed E-state index contributed by atoms with van der Waals surface area (Å²) in [6, 6.07) is 9.08. The number of fused-ring (bicyclic) bond motifs is 1. The average Bonchev–Trinajstić information content (AvgIpc) is 3.02. The first-order valence-electron chi connectivity index (χ1n) is 6.88. The monoisotopic (exact) mass is 316 g/mol. The van der Waals surface area contributed by atoms with Gasteiger partial charge in [0.05, 0.1) is 11.6 Å². The topological polar surface area (TPSA) is 60.5 Å². The summed E-state index contributed by atoms with van der Waals surface area (Å²) in [5.74, 6) is 1.31. The highest BCUT2D eigenvalue weighted by Crippen LogP contribution is 2.34. The normalized spacial score (nSPS) is 13.7.